The van der Waals surface area contributed by atoms with Crippen LogP contribution in [0.25, 0.3) is 0 Å². The molecule has 0 saturated heterocycles. The van der Waals surface area contributed by atoms with Crippen LogP contribution in [0.5, 0.6) is 0 Å². The highest BCUT2D eigenvalue weighted by molar-refractivity contribution is 7.85. The van der Waals surface area contributed by atoms with E-state index in [1.165, 1.54) is 116 Å². The Labute approximate surface area is 285 Å². The second-order valence-corrected chi connectivity index (χ2v) is 15.1. The van der Waals surface area contributed by atoms with Crippen molar-refractivity contribution in [3.05, 3.63) is 24.3 Å². The lowest BCUT2D eigenvalue weighted by Crippen LogP contribution is -2.46. The Morgan fingerprint density at radius 1 is 0.565 bits per heavy atom. The molecule has 3 N–H and O–H groups in total. The lowest BCUT2D eigenvalue weighted by Gasteiger charge is -2.21. The minimum Gasteiger partial charge on any atom is -0.387 e. The predicted octanol–water partition coefficient (Wildman–Crippen LogP) is 11.2. The number of hydrogen-bond acceptors (Lipinski definition) is 4. The normalized spacial score (nSPS) is 13.6. The van der Waals surface area contributed by atoms with Crippen molar-refractivity contribution in [2.75, 3.05) is 5.75 Å². The SMILES string of the molecule is CCCC/C=C\CCCCCCCC(=O)NC(CS(=O)(=O)O)C(O)/C=C/CCCCCCCCCCCCCCCCCCCC. The number of rotatable bonds is 35. The van der Waals surface area contributed by atoms with Crippen LogP contribution < -0.4 is 5.32 Å². The molecule has 0 saturated carbocycles. The van der Waals surface area contributed by atoms with E-state index < -0.39 is 28.0 Å². The Balaban J connectivity index is 3.90. The first-order valence-electron chi connectivity index (χ1n) is 19.5. The summed E-state index contributed by atoms with van der Waals surface area (Å²) in [7, 11) is -4.34. The summed E-state index contributed by atoms with van der Waals surface area (Å²) >= 11 is 0. The predicted molar refractivity (Wildman–Crippen MR) is 198 cm³/mol. The van der Waals surface area contributed by atoms with Gasteiger partial charge in [0.2, 0.25) is 5.91 Å². The summed E-state index contributed by atoms with van der Waals surface area (Å²) in [6.07, 6.45) is 41.7. The number of nitrogens with one attached hydrogen (secondary N) is 1. The third-order valence-corrected chi connectivity index (χ3v) is 9.65. The van der Waals surface area contributed by atoms with Gasteiger partial charge in [-0.1, -0.05) is 179 Å². The minimum atomic E-state index is -4.34. The fraction of sp³-hybridized carbons (Fsp3) is 0.872. The zero-order chi connectivity index (χ0) is 34.0. The maximum Gasteiger partial charge on any atom is 0.267 e. The summed E-state index contributed by atoms with van der Waals surface area (Å²) < 4.78 is 32.4. The van der Waals surface area contributed by atoms with Gasteiger partial charge in [-0.3, -0.25) is 9.35 Å². The molecule has 272 valence electrons. The summed E-state index contributed by atoms with van der Waals surface area (Å²) in [5, 5.41) is 13.2. The zero-order valence-corrected chi connectivity index (χ0v) is 31.0. The van der Waals surface area contributed by atoms with Crippen LogP contribution in [-0.2, 0) is 14.9 Å². The molecule has 0 fully saturated rings. The highest BCUT2D eigenvalue weighted by atomic mass is 32.2. The molecule has 0 aliphatic carbocycles. The molecule has 46 heavy (non-hydrogen) atoms. The monoisotopic (exact) mass is 670 g/mol. The minimum absolute atomic E-state index is 0.286. The summed E-state index contributed by atoms with van der Waals surface area (Å²) in [4.78, 5) is 12.4. The Bertz CT molecular complexity index is 826. The van der Waals surface area contributed by atoms with Gasteiger partial charge in [-0.15, -0.1) is 0 Å². The molecular formula is C39H75NO5S. The van der Waals surface area contributed by atoms with Gasteiger partial charge >= 0.3 is 0 Å². The largest absolute Gasteiger partial charge is 0.387 e. The lowest BCUT2D eigenvalue weighted by atomic mass is 10.0. The lowest BCUT2D eigenvalue weighted by molar-refractivity contribution is -0.122. The molecule has 0 radical (unpaired) electrons. The number of amides is 1. The van der Waals surface area contributed by atoms with Crippen molar-refractivity contribution >= 4 is 16.0 Å². The van der Waals surface area contributed by atoms with E-state index in [1.807, 2.05) is 6.08 Å². The third kappa shape index (κ3) is 34.2. The number of carbonyl (C=O) groups excluding carboxylic acids is 1. The molecule has 0 bridgehead atoms. The van der Waals surface area contributed by atoms with Crippen molar-refractivity contribution in [1.82, 2.24) is 5.32 Å². The van der Waals surface area contributed by atoms with Crippen LogP contribution in [0.15, 0.2) is 24.3 Å². The molecular weight excluding hydrogens is 594 g/mol. The quantitative estimate of drug-likeness (QED) is 0.0354. The smallest absolute Gasteiger partial charge is 0.267 e. The van der Waals surface area contributed by atoms with Crippen LogP contribution in [0.4, 0.5) is 0 Å². The van der Waals surface area contributed by atoms with E-state index in [0.29, 0.717) is 0 Å². The summed E-state index contributed by atoms with van der Waals surface area (Å²) in [6, 6.07) is -1.06. The van der Waals surface area contributed by atoms with Gasteiger partial charge < -0.3 is 10.4 Å². The first-order valence-corrected chi connectivity index (χ1v) is 21.1. The van der Waals surface area contributed by atoms with Crippen molar-refractivity contribution < 1.29 is 22.9 Å². The van der Waals surface area contributed by atoms with Crippen LogP contribution in [0.1, 0.15) is 200 Å². The van der Waals surface area contributed by atoms with Crippen molar-refractivity contribution in [3.8, 4) is 0 Å². The Kier molecular flexibility index (Phi) is 32.8. The van der Waals surface area contributed by atoms with E-state index in [4.69, 9.17) is 0 Å². The molecule has 0 rings (SSSR count). The number of allylic oxidation sites excluding steroid dienone is 3. The maximum absolute atomic E-state index is 12.4. The van der Waals surface area contributed by atoms with E-state index in [0.717, 1.165) is 64.2 Å². The number of aliphatic hydroxyl groups is 1. The van der Waals surface area contributed by atoms with E-state index >= 15 is 0 Å². The topological polar surface area (TPSA) is 104 Å². The van der Waals surface area contributed by atoms with Gasteiger partial charge in [0, 0.05) is 6.42 Å². The van der Waals surface area contributed by atoms with Gasteiger partial charge in [-0.05, 0) is 38.5 Å². The molecule has 0 aromatic heterocycles. The molecule has 2 atom stereocenters. The number of unbranched alkanes of at least 4 members (excludes halogenated alkanes) is 25. The van der Waals surface area contributed by atoms with Crippen molar-refractivity contribution in [2.45, 2.75) is 212 Å². The molecule has 2 unspecified atom stereocenters. The Hall–Kier alpha value is -1.18. The van der Waals surface area contributed by atoms with E-state index in [2.05, 4.69) is 31.3 Å². The maximum atomic E-state index is 12.4. The third-order valence-electron chi connectivity index (χ3n) is 8.87. The average Bonchev–Trinajstić information content (AvgIpc) is 3.01. The highest BCUT2D eigenvalue weighted by Gasteiger charge is 2.24. The van der Waals surface area contributed by atoms with Crippen LogP contribution in [0.3, 0.4) is 0 Å². The van der Waals surface area contributed by atoms with Gasteiger partial charge in [0.15, 0.2) is 0 Å². The Morgan fingerprint density at radius 2 is 0.935 bits per heavy atom. The molecule has 1 amide bonds. The van der Waals surface area contributed by atoms with Gasteiger partial charge in [0.05, 0.1) is 17.9 Å². The number of carbonyl (C=O) groups is 1. The van der Waals surface area contributed by atoms with Crippen LogP contribution in [0.2, 0.25) is 0 Å². The average molecular weight is 670 g/mol. The van der Waals surface area contributed by atoms with E-state index in [1.54, 1.807) is 6.08 Å². The fourth-order valence-electron chi connectivity index (χ4n) is 5.90. The van der Waals surface area contributed by atoms with Crippen LogP contribution in [0, 0.1) is 0 Å². The van der Waals surface area contributed by atoms with Gasteiger partial charge in [-0.25, -0.2) is 0 Å². The molecule has 0 aromatic carbocycles. The molecule has 7 heteroatoms. The second-order valence-electron chi connectivity index (χ2n) is 13.6. The zero-order valence-electron chi connectivity index (χ0n) is 30.2. The van der Waals surface area contributed by atoms with Crippen molar-refractivity contribution in [1.29, 1.82) is 0 Å². The summed E-state index contributed by atoms with van der Waals surface area (Å²) in [5.41, 5.74) is 0. The van der Waals surface area contributed by atoms with Crippen LogP contribution in [-0.4, -0.2) is 41.9 Å². The molecule has 6 nitrogen and oxygen atoms in total. The molecule has 0 heterocycles. The van der Waals surface area contributed by atoms with Crippen molar-refractivity contribution in [3.63, 3.8) is 0 Å². The van der Waals surface area contributed by atoms with E-state index in [9.17, 15) is 22.9 Å². The standard InChI is InChI=1S/C39H75NO5S/c1-3-5-7-9-11-13-15-16-17-18-19-20-21-22-23-25-26-28-30-32-34-38(41)37(36-46(43,44)45)40-39(42)35-33-31-29-27-24-14-12-10-8-6-4-2/h10,12,32,34,37-38,41H,3-9,11,13-31,33,35-36H2,1-2H3,(H,40,42)(H,43,44,45)/b12-10-,34-32+. The van der Waals surface area contributed by atoms with Crippen LogP contribution >= 0.6 is 0 Å². The summed E-state index contributed by atoms with van der Waals surface area (Å²) in [5.74, 6) is -0.988. The van der Waals surface area contributed by atoms with Gasteiger partial charge in [-0.2, -0.15) is 8.42 Å². The fourth-order valence-corrected chi connectivity index (χ4v) is 6.64. The number of aliphatic hydroxyl groups excluding tert-OH is 1. The molecule has 0 aliphatic heterocycles. The molecule has 0 spiro atoms. The first-order chi connectivity index (χ1) is 22.3. The second kappa shape index (κ2) is 33.7. The first kappa shape index (κ1) is 44.8. The van der Waals surface area contributed by atoms with E-state index in [-0.39, 0.29) is 12.3 Å². The highest BCUT2D eigenvalue weighted by Crippen LogP contribution is 2.15. The van der Waals surface area contributed by atoms with Gasteiger partial charge in [0.1, 0.15) is 0 Å². The molecule has 0 aromatic rings. The Morgan fingerprint density at radius 3 is 1.37 bits per heavy atom. The summed E-state index contributed by atoms with van der Waals surface area (Å²) in [6.45, 7) is 4.47. The van der Waals surface area contributed by atoms with Crippen molar-refractivity contribution in [2.24, 2.45) is 0 Å². The number of hydrogen-bond donors (Lipinski definition) is 3. The van der Waals surface area contributed by atoms with Gasteiger partial charge in [0.25, 0.3) is 10.1 Å². The molecule has 0 aliphatic rings.